The van der Waals surface area contributed by atoms with E-state index in [2.05, 4.69) is 21.6 Å². The Kier molecular flexibility index (Phi) is 7.34. The summed E-state index contributed by atoms with van der Waals surface area (Å²) in [5.74, 6) is -0.431. The number of aromatic nitrogens is 2. The molecule has 2 aromatic rings. The van der Waals surface area contributed by atoms with Gasteiger partial charge in [-0.3, -0.25) is 9.59 Å². The number of thioether (sulfide) groups is 2. The van der Waals surface area contributed by atoms with E-state index in [4.69, 9.17) is 5.73 Å². The van der Waals surface area contributed by atoms with Gasteiger partial charge in [0.2, 0.25) is 11.8 Å². The molecule has 0 spiro atoms. The van der Waals surface area contributed by atoms with E-state index >= 15 is 0 Å². The molecule has 2 amide bonds. The summed E-state index contributed by atoms with van der Waals surface area (Å²) in [6.07, 6.45) is 5.29. The van der Waals surface area contributed by atoms with Crippen molar-refractivity contribution in [3.8, 4) is 6.07 Å². The van der Waals surface area contributed by atoms with Gasteiger partial charge in [-0.2, -0.15) is 5.26 Å². The van der Waals surface area contributed by atoms with Gasteiger partial charge in [0.1, 0.15) is 11.1 Å². The zero-order valence-electron chi connectivity index (χ0n) is 15.2. The van der Waals surface area contributed by atoms with Crippen molar-refractivity contribution in [3.63, 3.8) is 0 Å². The fourth-order valence-electron chi connectivity index (χ4n) is 2.80. The Morgan fingerprint density at radius 1 is 1.25 bits per heavy atom. The first kappa shape index (κ1) is 21.1. The zero-order valence-corrected chi connectivity index (χ0v) is 18.5. The van der Waals surface area contributed by atoms with E-state index in [-0.39, 0.29) is 11.7 Å². The maximum absolute atomic E-state index is 12.6. The Morgan fingerprint density at radius 3 is 2.75 bits per heavy atom. The smallest absolute Gasteiger partial charge is 0.238 e. The third-order valence-corrected chi connectivity index (χ3v) is 8.61. The molecule has 3 N–H and O–H groups in total. The second kappa shape index (κ2) is 9.73. The van der Waals surface area contributed by atoms with E-state index in [1.54, 1.807) is 6.92 Å². The minimum atomic E-state index is -0.412. The number of anilines is 1. The number of thiophene rings is 1. The number of nitrogens with two attached hydrogens (primary N) is 1. The molecule has 11 heteroatoms. The summed E-state index contributed by atoms with van der Waals surface area (Å²) in [7, 11) is 0. The minimum absolute atomic E-state index is 0.148. The standard InChI is InChI=1S/C17H19N5O2S4/c1-9(26-17-22-21-16(28-17)25-8-13(19)23)14(24)20-15-11(7-18)10-5-3-2-4-6-12(10)27-15/h9H,2-6,8H2,1H3,(H2,19,23)(H,20,24). The van der Waals surface area contributed by atoms with Gasteiger partial charge < -0.3 is 11.1 Å². The number of fused-ring (bicyclic) bond motifs is 1. The third-order valence-electron chi connectivity index (χ3n) is 4.14. The average Bonchev–Trinajstić information content (AvgIpc) is 3.16. The van der Waals surface area contributed by atoms with Gasteiger partial charge in [0.05, 0.1) is 16.6 Å². The molecule has 1 aliphatic carbocycles. The fraction of sp³-hybridized carbons (Fsp3) is 0.471. The van der Waals surface area contributed by atoms with E-state index in [0.29, 0.717) is 19.2 Å². The monoisotopic (exact) mass is 453 g/mol. The van der Waals surface area contributed by atoms with Crippen LogP contribution in [0.4, 0.5) is 5.00 Å². The van der Waals surface area contributed by atoms with Gasteiger partial charge in [-0.05, 0) is 38.2 Å². The number of nitriles is 1. The molecular formula is C17H19N5O2S4. The molecular weight excluding hydrogens is 434 g/mol. The minimum Gasteiger partial charge on any atom is -0.369 e. The van der Waals surface area contributed by atoms with Crippen LogP contribution in [-0.4, -0.2) is 33.0 Å². The molecule has 0 radical (unpaired) electrons. The second-order valence-corrected chi connectivity index (χ2v) is 11.1. The molecule has 0 fully saturated rings. The van der Waals surface area contributed by atoms with Crippen LogP contribution < -0.4 is 11.1 Å². The Balaban J connectivity index is 1.63. The summed E-state index contributed by atoms with van der Waals surface area (Å²) >= 11 is 5.39. The van der Waals surface area contributed by atoms with Crippen LogP contribution in [0, 0.1) is 11.3 Å². The van der Waals surface area contributed by atoms with Crippen LogP contribution >= 0.6 is 46.2 Å². The average molecular weight is 454 g/mol. The first-order chi connectivity index (χ1) is 13.5. The fourth-order valence-corrected chi connectivity index (χ4v) is 6.95. The van der Waals surface area contributed by atoms with Crippen molar-refractivity contribution in [3.05, 3.63) is 16.0 Å². The van der Waals surface area contributed by atoms with Crippen LogP contribution in [0.1, 0.15) is 42.2 Å². The number of amides is 2. The van der Waals surface area contributed by atoms with Crippen LogP contribution in [0.25, 0.3) is 0 Å². The number of hydrogen-bond donors (Lipinski definition) is 2. The van der Waals surface area contributed by atoms with E-state index in [1.165, 1.54) is 57.5 Å². The first-order valence-corrected chi connectivity index (χ1v) is 12.2. The molecule has 28 heavy (non-hydrogen) atoms. The van der Waals surface area contributed by atoms with Crippen LogP contribution in [0.2, 0.25) is 0 Å². The number of aryl methyl sites for hydroxylation is 1. The summed E-state index contributed by atoms with van der Waals surface area (Å²) < 4.78 is 1.29. The number of hydrogen-bond acceptors (Lipinski definition) is 9. The number of primary amides is 1. The number of nitrogens with zero attached hydrogens (tertiary/aromatic N) is 3. The molecule has 1 unspecified atom stereocenters. The summed E-state index contributed by atoms with van der Waals surface area (Å²) in [5.41, 5.74) is 6.86. The number of rotatable bonds is 7. The van der Waals surface area contributed by atoms with E-state index in [1.807, 2.05) is 0 Å². The van der Waals surface area contributed by atoms with Gasteiger partial charge in [0, 0.05) is 4.88 Å². The lowest BCUT2D eigenvalue weighted by molar-refractivity contribution is -0.116. The number of carbonyl (C=O) groups is 2. The largest absolute Gasteiger partial charge is 0.369 e. The van der Waals surface area contributed by atoms with Gasteiger partial charge in [-0.25, -0.2) is 0 Å². The number of carbonyl (C=O) groups excluding carboxylic acids is 2. The number of nitrogens with one attached hydrogen (secondary N) is 1. The molecule has 0 aliphatic heterocycles. The van der Waals surface area contributed by atoms with Crippen molar-refractivity contribution < 1.29 is 9.59 Å². The topological polar surface area (TPSA) is 122 Å². The molecule has 148 valence electrons. The summed E-state index contributed by atoms with van der Waals surface area (Å²) in [6.45, 7) is 1.79. The maximum Gasteiger partial charge on any atom is 0.238 e. The SMILES string of the molecule is CC(Sc1nnc(SCC(N)=O)s1)C(=O)Nc1sc2c(c1C#N)CCCCC2. The molecule has 0 aromatic carbocycles. The molecule has 1 atom stereocenters. The Bertz CT molecular complexity index is 917. The molecule has 1 aliphatic rings. The zero-order chi connectivity index (χ0) is 20.1. The van der Waals surface area contributed by atoms with Crippen molar-refractivity contribution in [2.24, 2.45) is 5.73 Å². The maximum atomic E-state index is 12.6. The molecule has 3 rings (SSSR count). The van der Waals surface area contributed by atoms with Gasteiger partial charge in [0.15, 0.2) is 8.68 Å². The van der Waals surface area contributed by atoms with Crippen LogP contribution in [0.5, 0.6) is 0 Å². The normalized spacial score (nSPS) is 14.6. The summed E-state index contributed by atoms with van der Waals surface area (Å²) in [6, 6.07) is 2.28. The van der Waals surface area contributed by atoms with E-state index in [9.17, 15) is 14.9 Å². The third kappa shape index (κ3) is 5.26. The quantitative estimate of drug-likeness (QED) is 0.486. The van der Waals surface area contributed by atoms with Crippen LogP contribution in [0.15, 0.2) is 8.68 Å². The van der Waals surface area contributed by atoms with Crippen molar-refractivity contribution in [2.45, 2.75) is 53.0 Å². The van der Waals surface area contributed by atoms with Crippen molar-refractivity contribution in [2.75, 3.05) is 11.1 Å². The Morgan fingerprint density at radius 2 is 2.00 bits per heavy atom. The lowest BCUT2D eigenvalue weighted by Crippen LogP contribution is -2.22. The van der Waals surface area contributed by atoms with E-state index in [0.717, 1.165) is 31.2 Å². The van der Waals surface area contributed by atoms with Crippen molar-refractivity contribution in [1.82, 2.24) is 10.2 Å². The molecule has 0 bridgehead atoms. The highest BCUT2D eigenvalue weighted by Gasteiger charge is 2.23. The highest BCUT2D eigenvalue weighted by Crippen LogP contribution is 2.38. The molecule has 2 heterocycles. The molecule has 7 nitrogen and oxygen atoms in total. The van der Waals surface area contributed by atoms with E-state index < -0.39 is 11.2 Å². The van der Waals surface area contributed by atoms with Crippen LogP contribution in [-0.2, 0) is 22.4 Å². The van der Waals surface area contributed by atoms with Crippen molar-refractivity contribution in [1.29, 1.82) is 5.26 Å². The molecule has 0 saturated carbocycles. The van der Waals surface area contributed by atoms with Gasteiger partial charge in [0.25, 0.3) is 0 Å². The predicted molar refractivity (Wildman–Crippen MR) is 114 cm³/mol. The first-order valence-electron chi connectivity index (χ1n) is 8.74. The van der Waals surface area contributed by atoms with Gasteiger partial charge in [-0.15, -0.1) is 21.5 Å². The summed E-state index contributed by atoms with van der Waals surface area (Å²) in [5, 5.41) is 20.8. The highest BCUT2D eigenvalue weighted by molar-refractivity contribution is 8.04. The molecule has 0 saturated heterocycles. The van der Waals surface area contributed by atoms with Crippen LogP contribution in [0.3, 0.4) is 0 Å². The highest BCUT2D eigenvalue weighted by atomic mass is 32.2. The molecule has 2 aromatic heterocycles. The van der Waals surface area contributed by atoms with Gasteiger partial charge >= 0.3 is 0 Å². The Labute approximate surface area is 179 Å². The van der Waals surface area contributed by atoms with Crippen molar-refractivity contribution >= 4 is 63.0 Å². The second-order valence-electron chi connectivity index (χ2n) is 6.22. The Hall–Kier alpha value is -1.61. The predicted octanol–water partition coefficient (Wildman–Crippen LogP) is 3.44. The van der Waals surface area contributed by atoms with Gasteiger partial charge in [-0.1, -0.05) is 41.3 Å². The summed E-state index contributed by atoms with van der Waals surface area (Å²) in [4.78, 5) is 24.7. The lowest BCUT2D eigenvalue weighted by atomic mass is 10.1. The lowest BCUT2D eigenvalue weighted by Gasteiger charge is -2.09.